The fourth-order valence-corrected chi connectivity index (χ4v) is 1.99. The molecule has 0 amide bonds. The van der Waals surface area contributed by atoms with Crippen molar-refractivity contribution in [3.63, 3.8) is 0 Å². The van der Waals surface area contributed by atoms with Gasteiger partial charge in [-0.25, -0.2) is 4.39 Å². The standard InChI is InChI=1S/C16H15F4NO/c17-14-6-4-11(5-7-14)12(9-21)10-22-15-3-1-2-13(8-15)16(18,19)20/h1-8,12H,9-10,21H2. The van der Waals surface area contributed by atoms with Gasteiger partial charge in [0.15, 0.2) is 0 Å². The second-order valence-electron chi connectivity index (χ2n) is 4.82. The minimum absolute atomic E-state index is 0.115. The van der Waals surface area contributed by atoms with Crippen molar-refractivity contribution in [2.45, 2.75) is 12.1 Å². The third kappa shape index (κ3) is 4.21. The fraction of sp³-hybridized carbons (Fsp3) is 0.250. The summed E-state index contributed by atoms with van der Waals surface area (Å²) in [7, 11) is 0. The molecule has 2 N–H and O–H groups in total. The van der Waals surface area contributed by atoms with E-state index in [9.17, 15) is 17.6 Å². The van der Waals surface area contributed by atoms with Crippen molar-refractivity contribution in [2.24, 2.45) is 5.73 Å². The molecule has 0 heterocycles. The summed E-state index contributed by atoms with van der Waals surface area (Å²) in [5.41, 5.74) is 5.66. The van der Waals surface area contributed by atoms with Gasteiger partial charge >= 0.3 is 6.18 Å². The van der Waals surface area contributed by atoms with Gasteiger partial charge in [-0.05, 0) is 35.9 Å². The number of hydrogen-bond donors (Lipinski definition) is 1. The average molecular weight is 313 g/mol. The van der Waals surface area contributed by atoms with Crippen LogP contribution in [0, 0.1) is 5.82 Å². The first-order valence-electron chi connectivity index (χ1n) is 6.65. The van der Waals surface area contributed by atoms with Gasteiger partial charge in [-0.3, -0.25) is 0 Å². The number of ether oxygens (including phenoxy) is 1. The van der Waals surface area contributed by atoms with Crippen molar-refractivity contribution in [1.82, 2.24) is 0 Å². The smallest absolute Gasteiger partial charge is 0.416 e. The van der Waals surface area contributed by atoms with Gasteiger partial charge in [-0.2, -0.15) is 13.2 Å². The number of halogens is 4. The van der Waals surface area contributed by atoms with Crippen LogP contribution in [0.2, 0.25) is 0 Å². The Labute approximate surface area is 125 Å². The maximum Gasteiger partial charge on any atom is 0.416 e. The molecule has 2 nitrogen and oxygen atoms in total. The molecule has 0 bridgehead atoms. The normalized spacial score (nSPS) is 13.0. The lowest BCUT2D eigenvalue weighted by Gasteiger charge is -2.17. The molecule has 118 valence electrons. The zero-order valence-corrected chi connectivity index (χ0v) is 11.6. The van der Waals surface area contributed by atoms with Crippen LogP contribution in [0.5, 0.6) is 5.75 Å². The highest BCUT2D eigenvalue weighted by Crippen LogP contribution is 2.31. The van der Waals surface area contributed by atoms with Crippen molar-refractivity contribution in [2.75, 3.05) is 13.2 Å². The van der Waals surface area contributed by atoms with Gasteiger partial charge < -0.3 is 10.5 Å². The zero-order valence-electron chi connectivity index (χ0n) is 11.6. The van der Waals surface area contributed by atoms with Gasteiger partial charge in [0.2, 0.25) is 0 Å². The minimum atomic E-state index is -4.41. The van der Waals surface area contributed by atoms with E-state index in [1.54, 1.807) is 12.1 Å². The molecule has 1 unspecified atom stereocenters. The Morgan fingerprint density at radius 3 is 2.32 bits per heavy atom. The van der Waals surface area contributed by atoms with Gasteiger partial charge in [0.25, 0.3) is 0 Å². The van der Waals surface area contributed by atoms with Crippen LogP contribution in [0.4, 0.5) is 17.6 Å². The van der Waals surface area contributed by atoms with Crippen LogP contribution in [0.25, 0.3) is 0 Å². The fourth-order valence-electron chi connectivity index (χ4n) is 1.99. The highest BCUT2D eigenvalue weighted by molar-refractivity contribution is 5.30. The third-order valence-electron chi connectivity index (χ3n) is 3.24. The molecule has 0 aromatic heterocycles. The summed E-state index contributed by atoms with van der Waals surface area (Å²) in [6.45, 7) is 0.355. The van der Waals surface area contributed by atoms with Crippen LogP contribution in [-0.2, 0) is 6.18 Å². The summed E-state index contributed by atoms with van der Waals surface area (Å²) in [6, 6.07) is 10.4. The summed E-state index contributed by atoms with van der Waals surface area (Å²) in [4.78, 5) is 0. The van der Waals surface area contributed by atoms with Crippen LogP contribution >= 0.6 is 0 Å². The van der Waals surface area contributed by atoms with Crippen LogP contribution in [-0.4, -0.2) is 13.2 Å². The molecule has 0 radical (unpaired) electrons. The molecule has 0 aliphatic rings. The van der Waals surface area contributed by atoms with Crippen molar-refractivity contribution in [3.8, 4) is 5.75 Å². The lowest BCUT2D eigenvalue weighted by atomic mass is 10.0. The van der Waals surface area contributed by atoms with Gasteiger partial charge in [0, 0.05) is 12.5 Å². The van der Waals surface area contributed by atoms with Crippen molar-refractivity contribution in [1.29, 1.82) is 0 Å². The van der Waals surface area contributed by atoms with Crippen molar-refractivity contribution < 1.29 is 22.3 Å². The number of alkyl halides is 3. The first-order chi connectivity index (χ1) is 10.4. The highest BCUT2D eigenvalue weighted by atomic mass is 19.4. The Balaban J connectivity index is 2.06. The summed E-state index contributed by atoms with van der Waals surface area (Å²) < 4.78 is 56.2. The second-order valence-corrected chi connectivity index (χ2v) is 4.82. The Hall–Kier alpha value is -2.08. The maximum absolute atomic E-state index is 12.9. The summed E-state index contributed by atoms with van der Waals surface area (Å²) in [5.74, 6) is -0.469. The Bertz CT molecular complexity index is 610. The van der Waals surface area contributed by atoms with Crippen LogP contribution in [0.3, 0.4) is 0 Å². The van der Waals surface area contributed by atoms with E-state index in [1.807, 2.05) is 0 Å². The van der Waals surface area contributed by atoms with E-state index in [-0.39, 0.29) is 30.6 Å². The van der Waals surface area contributed by atoms with Crippen molar-refractivity contribution >= 4 is 0 Å². The van der Waals surface area contributed by atoms with E-state index in [0.29, 0.717) is 0 Å². The molecular weight excluding hydrogens is 298 g/mol. The van der Waals surface area contributed by atoms with E-state index in [0.717, 1.165) is 17.7 Å². The van der Waals surface area contributed by atoms with Crippen LogP contribution < -0.4 is 10.5 Å². The largest absolute Gasteiger partial charge is 0.493 e. The first kappa shape index (κ1) is 16.3. The van der Waals surface area contributed by atoms with E-state index in [4.69, 9.17) is 10.5 Å². The summed E-state index contributed by atoms with van der Waals surface area (Å²) in [6.07, 6.45) is -4.41. The zero-order chi connectivity index (χ0) is 16.2. The molecule has 0 fully saturated rings. The Morgan fingerprint density at radius 1 is 1.05 bits per heavy atom. The molecule has 0 aliphatic heterocycles. The van der Waals surface area contributed by atoms with Gasteiger partial charge in [0.05, 0.1) is 12.2 Å². The van der Waals surface area contributed by atoms with Crippen LogP contribution in [0.1, 0.15) is 17.0 Å². The summed E-state index contributed by atoms with van der Waals surface area (Å²) >= 11 is 0. The number of hydrogen-bond acceptors (Lipinski definition) is 2. The van der Waals surface area contributed by atoms with E-state index in [1.165, 1.54) is 24.3 Å². The molecule has 6 heteroatoms. The lowest BCUT2D eigenvalue weighted by molar-refractivity contribution is -0.137. The molecule has 2 aromatic carbocycles. The highest BCUT2D eigenvalue weighted by Gasteiger charge is 2.30. The monoisotopic (exact) mass is 313 g/mol. The Kier molecular flexibility index (Phi) is 5.03. The first-order valence-corrected chi connectivity index (χ1v) is 6.65. The van der Waals surface area contributed by atoms with Gasteiger partial charge in [-0.15, -0.1) is 0 Å². The molecule has 0 aliphatic carbocycles. The molecule has 2 aromatic rings. The molecular formula is C16H15F4NO. The number of rotatable bonds is 5. The van der Waals surface area contributed by atoms with Crippen molar-refractivity contribution in [3.05, 3.63) is 65.5 Å². The average Bonchev–Trinajstić information content (AvgIpc) is 2.49. The molecule has 22 heavy (non-hydrogen) atoms. The minimum Gasteiger partial charge on any atom is -0.493 e. The molecule has 0 spiro atoms. The Morgan fingerprint density at radius 2 is 1.73 bits per heavy atom. The molecule has 0 saturated carbocycles. The SMILES string of the molecule is NCC(COc1cccc(C(F)(F)F)c1)c1ccc(F)cc1. The van der Waals surface area contributed by atoms with E-state index < -0.39 is 11.7 Å². The second kappa shape index (κ2) is 6.79. The molecule has 0 saturated heterocycles. The maximum atomic E-state index is 12.9. The number of nitrogens with two attached hydrogens (primary N) is 1. The quantitative estimate of drug-likeness (QED) is 0.848. The van der Waals surface area contributed by atoms with E-state index in [2.05, 4.69) is 0 Å². The lowest BCUT2D eigenvalue weighted by Crippen LogP contribution is -2.19. The van der Waals surface area contributed by atoms with E-state index >= 15 is 0 Å². The predicted octanol–water partition coefficient (Wildman–Crippen LogP) is 3.97. The summed E-state index contributed by atoms with van der Waals surface area (Å²) in [5, 5.41) is 0. The molecule has 2 rings (SSSR count). The topological polar surface area (TPSA) is 35.2 Å². The van der Waals surface area contributed by atoms with Gasteiger partial charge in [-0.1, -0.05) is 18.2 Å². The molecule has 1 atom stereocenters. The third-order valence-corrected chi connectivity index (χ3v) is 3.24. The van der Waals surface area contributed by atoms with Gasteiger partial charge in [0.1, 0.15) is 11.6 Å². The van der Waals surface area contributed by atoms with Crippen LogP contribution in [0.15, 0.2) is 48.5 Å². The number of benzene rings is 2. The predicted molar refractivity (Wildman–Crippen MR) is 75.1 cm³/mol.